The van der Waals surface area contributed by atoms with Gasteiger partial charge in [0, 0.05) is 23.0 Å². The molecule has 1 saturated heterocycles. The summed E-state index contributed by atoms with van der Waals surface area (Å²) >= 11 is 0. The van der Waals surface area contributed by atoms with Crippen molar-refractivity contribution in [1.29, 1.82) is 0 Å². The van der Waals surface area contributed by atoms with E-state index in [2.05, 4.69) is 30.7 Å². The monoisotopic (exact) mass is 409 g/mol. The van der Waals surface area contributed by atoms with Crippen LogP contribution in [-0.4, -0.2) is 33.7 Å². The Bertz CT molecular complexity index is 988. The van der Waals surface area contributed by atoms with Crippen molar-refractivity contribution >= 4 is 17.7 Å². The van der Waals surface area contributed by atoms with Gasteiger partial charge in [-0.3, -0.25) is 14.5 Å². The van der Waals surface area contributed by atoms with Gasteiger partial charge in [-0.2, -0.15) is 0 Å². The summed E-state index contributed by atoms with van der Waals surface area (Å²) in [6.07, 6.45) is 2.01. The average molecular weight is 410 g/mol. The van der Waals surface area contributed by atoms with Gasteiger partial charge >= 0.3 is 6.03 Å². The number of carbonyl (C=O) groups excluding carboxylic acids is 3. The Morgan fingerprint density at radius 3 is 2.30 bits per heavy atom. The molecule has 1 aromatic carbocycles. The first-order chi connectivity index (χ1) is 14.1. The summed E-state index contributed by atoms with van der Waals surface area (Å²) in [6, 6.07) is 9.25. The van der Waals surface area contributed by atoms with Crippen LogP contribution in [0.15, 0.2) is 30.3 Å². The molecular weight excluding hydrogens is 378 g/mol. The average Bonchev–Trinajstić information content (AvgIpc) is 3.10. The topological polar surface area (TPSA) is 71.4 Å². The summed E-state index contributed by atoms with van der Waals surface area (Å²) in [5, 5.41) is 2.78. The van der Waals surface area contributed by atoms with Crippen molar-refractivity contribution in [3.63, 3.8) is 0 Å². The minimum absolute atomic E-state index is 0.224. The summed E-state index contributed by atoms with van der Waals surface area (Å²) < 4.78 is 2.08. The molecule has 1 fully saturated rings. The molecular formula is C24H31N3O3. The highest BCUT2D eigenvalue weighted by atomic mass is 16.2. The number of amides is 3. The standard InChI is InChI=1S/C24H31N3O3/c1-7-8-18-9-11-19(12-10-18)24(6)22(29)26(23(30)25-24)14-21(28)20-13-16(4)27(15(2)3)17(20)5/h9-13,15H,7-8,14H2,1-6H3,(H,25,30)/t24-/m1/s1. The van der Waals surface area contributed by atoms with Crippen LogP contribution in [0.2, 0.25) is 0 Å². The Kier molecular flexibility index (Phi) is 5.88. The van der Waals surface area contributed by atoms with Gasteiger partial charge in [-0.05, 0) is 58.2 Å². The molecule has 1 atom stereocenters. The van der Waals surface area contributed by atoms with Crippen LogP contribution in [0.1, 0.15) is 73.0 Å². The number of imide groups is 1. The van der Waals surface area contributed by atoms with Crippen molar-refractivity contribution in [2.24, 2.45) is 0 Å². The minimum atomic E-state index is -1.17. The van der Waals surface area contributed by atoms with Gasteiger partial charge in [0.05, 0.1) is 6.54 Å². The second kappa shape index (κ2) is 8.09. The van der Waals surface area contributed by atoms with E-state index in [4.69, 9.17) is 0 Å². The number of benzene rings is 1. The minimum Gasteiger partial charge on any atom is -0.346 e. The molecule has 0 radical (unpaired) electrons. The SMILES string of the molecule is CCCc1ccc([C@@]2(C)NC(=O)N(CC(=O)c3cc(C)n(C(C)C)c3C)C2=O)cc1. The number of hydrogen-bond acceptors (Lipinski definition) is 3. The van der Waals surface area contributed by atoms with E-state index in [1.807, 2.05) is 44.2 Å². The molecule has 0 unspecified atom stereocenters. The molecule has 0 aliphatic carbocycles. The third kappa shape index (κ3) is 3.66. The zero-order valence-electron chi connectivity index (χ0n) is 18.7. The third-order valence-electron chi connectivity index (χ3n) is 5.95. The number of nitrogens with one attached hydrogen (secondary N) is 1. The lowest BCUT2D eigenvalue weighted by atomic mass is 9.91. The Morgan fingerprint density at radius 2 is 1.77 bits per heavy atom. The zero-order valence-corrected chi connectivity index (χ0v) is 18.7. The number of ketones is 1. The highest BCUT2D eigenvalue weighted by molar-refractivity contribution is 6.11. The molecule has 160 valence electrons. The normalized spacial score (nSPS) is 19.0. The van der Waals surface area contributed by atoms with Crippen LogP contribution in [0.3, 0.4) is 0 Å². The predicted molar refractivity (Wildman–Crippen MR) is 117 cm³/mol. The van der Waals surface area contributed by atoms with Crippen molar-refractivity contribution in [2.75, 3.05) is 6.54 Å². The Morgan fingerprint density at radius 1 is 1.13 bits per heavy atom. The van der Waals surface area contributed by atoms with Gasteiger partial charge in [-0.1, -0.05) is 37.6 Å². The van der Waals surface area contributed by atoms with Gasteiger partial charge in [0.25, 0.3) is 5.91 Å². The van der Waals surface area contributed by atoms with Crippen LogP contribution < -0.4 is 5.32 Å². The van der Waals surface area contributed by atoms with E-state index >= 15 is 0 Å². The number of aryl methyl sites for hydroxylation is 2. The molecule has 1 aliphatic rings. The molecule has 0 bridgehead atoms. The van der Waals surface area contributed by atoms with Gasteiger partial charge < -0.3 is 9.88 Å². The molecule has 0 saturated carbocycles. The molecule has 0 spiro atoms. The summed E-state index contributed by atoms with van der Waals surface area (Å²) in [6.45, 7) is 11.5. The zero-order chi connectivity index (χ0) is 22.2. The van der Waals surface area contributed by atoms with Crippen LogP contribution in [-0.2, 0) is 16.8 Å². The quantitative estimate of drug-likeness (QED) is 0.548. The van der Waals surface area contributed by atoms with Gasteiger partial charge in [0.1, 0.15) is 5.54 Å². The van der Waals surface area contributed by atoms with Crippen molar-refractivity contribution in [3.05, 3.63) is 58.4 Å². The van der Waals surface area contributed by atoms with Crippen LogP contribution >= 0.6 is 0 Å². The van der Waals surface area contributed by atoms with Gasteiger partial charge in [-0.25, -0.2) is 4.79 Å². The molecule has 1 N–H and O–H groups in total. The predicted octanol–water partition coefficient (Wildman–Crippen LogP) is 4.29. The maximum Gasteiger partial charge on any atom is 0.325 e. The molecule has 1 aliphatic heterocycles. The van der Waals surface area contributed by atoms with Crippen LogP contribution in [0.4, 0.5) is 4.79 Å². The molecule has 6 heteroatoms. The van der Waals surface area contributed by atoms with Gasteiger partial charge in [0.2, 0.25) is 0 Å². The maximum absolute atomic E-state index is 13.2. The number of rotatable bonds is 7. The Labute approximate surface area is 178 Å². The van der Waals surface area contributed by atoms with E-state index in [0.717, 1.165) is 29.1 Å². The molecule has 30 heavy (non-hydrogen) atoms. The van der Waals surface area contributed by atoms with E-state index < -0.39 is 17.5 Å². The first kappa shape index (κ1) is 21.8. The summed E-state index contributed by atoms with van der Waals surface area (Å²) in [4.78, 5) is 39.8. The molecule has 6 nitrogen and oxygen atoms in total. The second-order valence-corrected chi connectivity index (χ2v) is 8.57. The van der Waals surface area contributed by atoms with Crippen molar-refractivity contribution in [1.82, 2.24) is 14.8 Å². The van der Waals surface area contributed by atoms with Crippen molar-refractivity contribution in [2.45, 2.75) is 66.0 Å². The third-order valence-corrected chi connectivity index (χ3v) is 5.95. The van der Waals surface area contributed by atoms with E-state index in [1.165, 1.54) is 5.56 Å². The molecule has 2 aromatic rings. The number of urea groups is 1. The molecule has 3 rings (SSSR count). The second-order valence-electron chi connectivity index (χ2n) is 8.57. The number of carbonyl (C=O) groups is 3. The summed E-state index contributed by atoms with van der Waals surface area (Å²) in [5.41, 5.74) is 3.13. The summed E-state index contributed by atoms with van der Waals surface area (Å²) in [5.74, 6) is -0.636. The van der Waals surface area contributed by atoms with Crippen molar-refractivity contribution < 1.29 is 14.4 Å². The Hall–Kier alpha value is -2.89. The lowest BCUT2D eigenvalue weighted by molar-refractivity contribution is -0.130. The lowest BCUT2D eigenvalue weighted by Crippen LogP contribution is -2.41. The molecule has 1 aromatic heterocycles. The van der Waals surface area contributed by atoms with E-state index in [-0.39, 0.29) is 18.4 Å². The highest BCUT2D eigenvalue weighted by Crippen LogP contribution is 2.30. The van der Waals surface area contributed by atoms with Crippen molar-refractivity contribution in [3.8, 4) is 0 Å². The van der Waals surface area contributed by atoms with Gasteiger partial charge in [-0.15, -0.1) is 0 Å². The van der Waals surface area contributed by atoms with E-state index in [1.54, 1.807) is 6.92 Å². The van der Waals surface area contributed by atoms with Gasteiger partial charge in [0.15, 0.2) is 5.78 Å². The number of Topliss-reactive ketones (excluding diaryl/α,β-unsaturated/α-hetero) is 1. The number of hydrogen-bond donors (Lipinski definition) is 1. The van der Waals surface area contributed by atoms with E-state index in [0.29, 0.717) is 11.1 Å². The molecule has 2 heterocycles. The smallest absolute Gasteiger partial charge is 0.325 e. The summed E-state index contributed by atoms with van der Waals surface area (Å²) in [7, 11) is 0. The maximum atomic E-state index is 13.2. The van der Waals surface area contributed by atoms with E-state index in [9.17, 15) is 14.4 Å². The fourth-order valence-electron chi connectivity index (χ4n) is 4.41. The first-order valence-electron chi connectivity index (χ1n) is 10.5. The van der Waals surface area contributed by atoms with Crippen LogP contribution in [0.5, 0.6) is 0 Å². The van der Waals surface area contributed by atoms with Crippen LogP contribution in [0.25, 0.3) is 0 Å². The first-order valence-corrected chi connectivity index (χ1v) is 10.5. The highest BCUT2D eigenvalue weighted by Gasteiger charge is 2.49. The largest absolute Gasteiger partial charge is 0.346 e. The number of aromatic nitrogens is 1. The molecule has 3 amide bonds. The Balaban J connectivity index is 1.83. The van der Waals surface area contributed by atoms with Crippen LogP contribution in [0, 0.1) is 13.8 Å². The number of nitrogens with zero attached hydrogens (tertiary/aromatic N) is 2. The fraction of sp³-hybridized carbons (Fsp3) is 0.458. The fourth-order valence-corrected chi connectivity index (χ4v) is 4.41. The lowest BCUT2D eigenvalue weighted by Gasteiger charge is -2.22.